The summed E-state index contributed by atoms with van der Waals surface area (Å²) in [4.78, 5) is 26.2. The summed E-state index contributed by atoms with van der Waals surface area (Å²) in [6.45, 7) is 6.16. The fourth-order valence-corrected chi connectivity index (χ4v) is 4.14. The molecule has 0 saturated heterocycles. The third-order valence-electron chi connectivity index (χ3n) is 3.74. The molecule has 0 spiro atoms. The number of amides is 2. The van der Waals surface area contributed by atoms with E-state index in [1.54, 1.807) is 0 Å². The number of carbonyl (C=O) groups excluding carboxylic acids is 2. The average Bonchev–Trinajstić information content (AvgIpc) is 2.49. The molecule has 2 N–H and O–H groups in total. The first kappa shape index (κ1) is 18.7. The lowest BCUT2D eigenvalue weighted by Crippen LogP contribution is -2.44. The maximum Gasteiger partial charge on any atom is 0.254 e. The van der Waals surface area contributed by atoms with E-state index in [9.17, 15) is 9.59 Å². The minimum Gasteiger partial charge on any atom is -0.394 e. The Bertz CT molecular complexity index is 649. The summed E-state index contributed by atoms with van der Waals surface area (Å²) in [5.74, 6) is -1.20. The number of aliphatic hydroxyl groups is 1. The summed E-state index contributed by atoms with van der Waals surface area (Å²) in [7, 11) is 0. The summed E-state index contributed by atoms with van der Waals surface area (Å²) in [5, 5.41) is 11.3. The van der Waals surface area contributed by atoms with Crippen molar-refractivity contribution in [2.45, 2.75) is 32.1 Å². The first-order valence-corrected chi connectivity index (χ1v) is 8.80. The summed E-state index contributed by atoms with van der Waals surface area (Å²) >= 11 is 1.45. The quantitative estimate of drug-likeness (QED) is 0.584. The SMILES string of the molecule is CCC1=C(Sc2cc(C)cc(C)c2)C(COCCO)C(=O)NC1=O. The minimum atomic E-state index is -0.532. The highest BCUT2D eigenvalue weighted by Crippen LogP contribution is 2.38. The fraction of sp³-hybridized carbons (Fsp3) is 0.444. The number of hydrogen-bond donors (Lipinski definition) is 2. The number of carbonyl (C=O) groups is 2. The third-order valence-corrected chi connectivity index (χ3v) is 4.96. The van der Waals surface area contributed by atoms with Crippen LogP contribution >= 0.6 is 11.8 Å². The lowest BCUT2D eigenvalue weighted by molar-refractivity contribution is -0.132. The molecule has 0 saturated carbocycles. The normalized spacial score (nSPS) is 18.1. The Morgan fingerprint density at radius 3 is 2.46 bits per heavy atom. The highest BCUT2D eigenvalue weighted by atomic mass is 32.2. The van der Waals surface area contributed by atoms with Gasteiger partial charge in [0.25, 0.3) is 5.91 Å². The Morgan fingerprint density at radius 2 is 1.88 bits per heavy atom. The van der Waals surface area contributed by atoms with Crippen LogP contribution in [0.4, 0.5) is 0 Å². The molecule has 6 heteroatoms. The van der Waals surface area contributed by atoms with Crippen LogP contribution in [0, 0.1) is 19.8 Å². The molecule has 2 amide bonds. The van der Waals surface area contributed by atoms with E-state index in [2.05, 4.69) is 11.4 Å². The number of aryl methyl sites for hydroxylation is 2. The van der Waals surface area contributed by atoms with E-state index in [-0.39, 0.29) is 31.6 Å². The maximum atomic E-state index is 12.3. The van der Waals surface area contributed by atoms with Crippen molar-refractivity contribution in [3.05, 3.63) is 39.8 Å². The second-order valence-corrected chi connectivity index (χ2v) is 6.91. The van der Waals surface area contributed by atoms with Gasteiger partial charge in [0.15, 0.2) is 0 Å². The van der Waals surface area contributed by atoms with Crippen LogP contribution < -0.4 is 5.32 Å². The molecule has 1 unspecified atom stereocenters. The third kappa shape index (κ3) is 4.47. The molecule has 1 heterocycles. The number of imide groups is 1. The van der Waals surface area contributed by atoms with Gasteiger partial charge >= 0.3 is 0 Å². The highest BCUT2D eigenvalue weighted by molar-refractivity contribution is 8.03. The number of thioether (sulfide) groups is 1. The van der Waals surface area contributed by atoms with Crippen molar-refractivity contribution in [1.82, 2.24) is 5.32 Å². The Hall–Kier alpha value is -1.63. The van der Waals surface area contributed by atoms with E-state index >= 15 is 0 Å². The molecule has 1 aromatic carbocycles. The summed E-state index contributed by atoms with van der Waals surface area (Å²) in [6, 6.07) is 6.17. The molecule has 0 aromatic heterocycles. The van der Waals surface area contributed by atoms with Crippen molar-refractivity contribution in [3.63, 3.8) is 0 Å². The maximum absolute atomic E-state index is 12.3. The smallest absolute Gasteiger partial charge is 0.254 e. The van der Waals surface area contributed by atoms with E-state index in [4.69, 9.17) is 9.84 Å². The van der Waals surface area contributed by atoms with Gasteiger partial charge in [0.05, 0.1) is 25.7 Å². The molecule has 0 radical (unpaired) electrons. The Balaban J connectivity index is 2.36. The van der Waals surface area contributed by atoms with Crippen molar-refractivity contribution >= 4 is 23.6 Å². The largest absolute Gasteiger partial charge is 0.394 e. The van der Waals surface area contributed by atoms with Crippen LogP contribution in [0.15, 0.2) is 33.6 Å². The molecule has 1 aromatic rings. The van der Waals surface area contributed by atoms with Crippen LogP contribution in [0.25, 0.3) is 0 Å². The predicted octanol–water partition coefficient (Wildman–Crippen LogP) is 2.34. The second-order valence-electron chi connectivity index (χ2n) is 5.79. The number of rotatable bonds is 7. The van der Waals surface area contributed by atoms with Crippen LogP contribution in [-0.4, -0.2) is 36.7 Å². The molecule has 2 rings (SSSR count). The Morgan fingerprint density at radius 1 is 1.21 bits per heavy atom. The zero-order chi connectivity index (χ0) is 17.7. The van der Waals surface area contributed by atoms with Gasteiger partial charge in [-0.3, -0.25) is 14.9 Å². The molecule has 24 heavy (non-hydrogen) atoms. The number of ether oxygens (including phenoxy) is 1. The first-order valence-electron chi connectivity index (χ1n) is 7.99. The lowest BCUT2D eigenvalue weighted by atomic mass is 9.98. The first-order chi connectivity index (χ1) is 11.5. The number of aliphatic hydroxyl groups excluding tert-OH is 1. The van der Waals surface area contributed by atoms with E-state index in [0.29, 0.717) is 12.0 Å². The molecule has 0 fully saturated rings. The van der Waals surface area contributed by atoms with Gasteiger partial charge in [-0.15, -0.1) is 0 Å². The molecule has 1 aliphatic rings. The van der Waals surface area contributed by atoms with Crippen LogP contribution in [0.1, 0.15) is 24.5 Å². The molecular weight excluding hydrogens is 326 g/mol. The molecule has 5 nitrogen and oxygen atoms in total. The molecular formula is C18H23NO4S. The standard InChI is InChI=1S/C18H23NO4S/c1-4-14-16(24-13-8-11(2)7-12(3)9-13)15(10-23-6-5-20)18(22)19-17(14)21/h7-9,15,20H,4-6,10H2,1-3H3,(H,19,21,22). The van der Waals surface area contributed by atoms with E-state index in [1.807, 2.05) is 32.9 Å². The number of benzene rings is 1. The van der Waals surface area contributed by atoms with Gasteiger partial charge in [0, 0.05) is 15.4 Å². The molecule has 1 aliphatic heterocycles. The van der Waals surface area contributed by atoms with Gasteiger partial charge in [-0.2, -0.15) is 0 Å². The van der Waals surface area contributed by atoms with Crippen molar-refractivity contribution in [3.8, 4) is 0 Å². The summed E-state index contributed by atoms with van der Waals surface area (Å²) < 4.78 is 5.37. The van der Waals surface area contributed by atoms with Crippen molar-refractivity contribution in [1.29, 1.82) is 0 Å². The van der Waals surface area contributed by atoms with Gasteiger partial charge in [0.1, 0.15) is 0 Å². The molecule has 130 valence electrons. The number of hydrogen-bond acceptors (Lipinski definition) is 5. The van der Waals surface area contributed by atoms with E-state index in [0.717, 1.165) is 20.9 Å². The zero-order valence-electron chi connectivity index (χ0n) is 14.2. The van der Waals surface area contributed by atoms with Crippen LogP contribution in [0.2, 0.25) is 0 Å². The molecule has 0 bridgehead atoms. The van der Waals surface area contributed by atoms with Gasteiger partial charge in [-0.05, 0) is 43.5 Å². The minimum absolute atomic E-state index is 0.100. The van der Waals surface area contributed by atoms with E-state index < -0.39 is 5.92 Å². The lowest BCUT2D eigenvalue weighted by Gasteiger charge is -2.26. The molecule has 1 atom stereocenters. The monoisotopic (exact) mass is 349 g/mol. The zero-order valence-corrected chi connectivity index (χ0v) is 15.0. The van der Waals surface area contributed by atoms with Gasteiger partial charge < -0.3 is 9.84 Å². The Labute approximate surface area is 146 Å². The van der Waals surface area contributed by atoms with Gasteiger partial charge in [-0.25, -0.2) is 0 Å². The van der Waals surface area contributed by atoms with E-state index in [1.165, 1.54) is 11.8 Å². The van der Waals surface area contributed by atoms with Crippen molar-refractivity contribution in [2.75, 3.05) is 19.8 Å². The predicted molar refractivity (Wildman–Crippen MR) is 93.6 cm³/mol. The van der Waals surface area contributed by atoms with Crippen molar-refractivity contribution < 1.29 is 19.4 Å². The van der Waals surface area contributed by atoms with Crippen LogP contribution in [-0.2, 0) is 14.3 Å². The summed E-state index contributed by atoms with van der Waals surface area (Å²) in [6.07, 6.45) is 0.544. The van der Waals surface area contributed by atoms with Gasteiger partial charge in [0.2, 0.25) is 5.91 Å². The van der Waals surface area contributed by atoms with Crippen LogP contribution in [0.5, 0.6) is 0 Å². The topological polar surface area (TPSA) is 75.6 Å². The van der Waals surface area contributed by atoms with Gasteiger partial charge in [-0.1, -0.05) is 24.8 Å². The second kappa shape index (κ2) is 8.46. The fourth-order valence-electron chi connectivity index (χ4n) is 2.72. The average molecular weight is 349 g/mol. The number of nitrogens with one attached hydrogen (secondary N) is 1. The van der Waals surface area contributed by atoms with Crippen molar-refractivity contribution in [2.24, 2.45) is 5.92 Å². The highest BCUT2D eigenvalue weighted by Gasteiger charge is 2.34. The molecule has 0 aliphatic carbocycles. The Kier molecular flexibility index (Phi) is 6.60. The van der Waals surface area contributed by atoms with Crippen LogP contribution in [0.3, 0.4) is 0 Å². The summed E-state index contributed by atoms with van der Waals surface area (Å²) in [5.41, 5.74) is 2.89.